The van der Waals surface area contributed by atoms with Crippen LogP contribution in [-0.2, 0) is 33.6 Å². The first-order valence-electron chi connectivity index (χ1n) is 13.2. The van der Waals surface area contributed by atoms with E-state index in [1.807, 2.05) is 0 Å². The van der Waals surface area contributed by atoms with Gasteiger partial charge in [-0.05, 0) is 38.5 Å². The lowest BCUT2D eigenvalue weighted by molar-refractivity contribution is -0.142. The fourth-order valence-electron chi connectivity index (χ4n) is 3.46. The SMILES string of the molecule is CC(C)[C@H](NC(=O)[C@@H](N)CCC(=O)O)C(=O)N[C@@H](C)C(=O)N[C@@H](CCCN=C(N)N)C(=O)N[C@@H](CCC(N)=O)C(=O)O. The molecule has 0 unspecified atom stereocenters. The van der Waals surface area contributed by atoms with E-state index in [1.54, 1.807) is 13.8 Å². The van der Waals surface area contributed by atoms with E-state index in [2.05, 4.69) is 26.3 Å². The Morgan fingerprint density at radius 1 is 0.714 bits per heavy atom. The maximum absolute atomic E-state index is 12.9. The summed E-state index contributed by atoms with van der Waals surface area (Å²) in [6, 6.07) is -6.24. The highest BCUT2D eigenvalue weighted by atomic mass is 16.4. The van der Waals surface area contributed by atoms with Gasteiger partial charge in [-0.25, -0.2) is 4.79 Å². The van der Waals surface area contributed by atoms with Crippen LogP contribution in [0.15, 0.2) is 4.99 Å². The van der Waals surface area contributed by atoms with Crippen molar-refractivity contribution in [3.05, 3.63) is 0 Å². The van der Waals surface area contributed by atoms with Gasteiger partial charge in [-0.15, -0.1) is 0 Å². The van der Waals surface area contributed by atoms with E-state index < -0.39 is 77.6 Å². The highest BCUT2D eigenvalue weighted by molar-refractivity contribution is 5.95. The molecule has 0 aliphatic carbocycles. The summed E-state index contributed by atoms with van der Waals surface area (Å²) in [7, 11) is 0. The lowest BCUT2D eigenvalue weighted by atomic mass is 10.0. The summed E-state index contributed by atoms with van der Waals surface area (Å²) in [4.78, 5) is 88.3. The molecule has 0 spiro atoms. The number of carbonyl (C=O) groups is 7. The Morgan fingerprint density at radius 2 is 1.31 bits per heavy atom. The summed E-state index contributed by atoms with van der Waals surface area (Å²) in [6.45, 7) is 4.69. The summed E-state index contributed by atoms with van der Waals surface area (Å²) < 4.78 is 0. The normalized spacial score (nSPS) is 14.3. The first kappa shape index (κ1) is 37.5. The van der Waals surface area contributed by atoms with Gasteiger partial charge in [0.2, 0.25) is 29.5 Å². The van der Waals surface area contributed by atoms with E-state index in [1.165, 1.54) is 6.92 Å². The number of guanidine groups is 1. The molecule has 18 nitrogen and oxygen atoms in total. The molecule has 0 aromatic carbocycles. The lowest BCUT2D eigenvalue weighted by Gasteiger charge is -2.26. The molecule has 0 aromatic heterocycles. The molecule has 5 atom stereocenters. The third-order valence-electron chi connectivity index (χ3n) is 5.88. The fraction of sp³-hybridized carbons (Fsp3) is 0.667. The molecule has 0 saturated carbocycles. The second kappa shape index (κ2) is 18.8. The highest BCUT2D eigenvalue weighted by Crippen LogP contribution is 2.06. The van der Waals surface area contributed by atoms with Crippen molar-refractivity contribution in [2.75, 3.05) is 6.54 Å². The molecular weight excluding hydrogens is 558 g/mol. The second-order valence-electron chi connectivity index (χ2n) is 9.91. The standard InChI is InChI=1S/C24H43N9O9/c1-11(2)18(33-20(38)13(25)6-9-17(35)36)22(40)30-12(3)19(37)31-14(5-4-10-29-24(27)28)21(39)32-15(23(41)42)7-8-16(26)34/h11-15,18H,4-10,25H2,1-3H3,(H2,26,34)(H,30,40)(H,31,37)(H,32,39)(H,33,38)(H,35,36)(H,41,42)(H4,27,28,29)/t12-,13-,14-,15-,18-/m0/s1. The van der Waals surface area contributed by atoms with E-state index in [4.69, 9.17) is 28.0 Å². The van der Waals surface area contributed by atoms with Crippen molar-refractivity contribution in [2.24, 2.45) is 33.8 Å². The Balaban J connectivity index is 5.51. The van der Waals surface area contributed by atoms with Gasteiger partial charge in [0.1, 0.15) is 24.2 Å². The van der Waals surface area contributed by atoms with E-state index in [9.17, 15) is 38.7 Å². The van der Waals surface area contributed by atoms with Crippen LogP contribution in [-0.4, -0.2) is 94.4 Å². The van der Waals surface area contributed by atoms with Crippen molar-refractivity contribution in [3.63, 3.8) is 0 Å². The molecule has 238 valence electrons. The number of nitrogens with one attached hydrogen (secondary N) is 4. The van der Waals surface area contributed by atoms with Crippen LogP contribution in [0.2, 0.25) is 0 Å². The van der Waals surface area contributed by atoms with Crippen LogP contribution >= 0.6 is 0 Å². The summed E-state index contributed by atoms with van der Waals surface area (Å²) in [5, 5.41) is 27.8. The van der Waals surface area contributed by atoms with Gasteiger partial charge in [0.25, 0.3) is 0 Å². The van der Waals surface area contributed by atoms with Crippen LogP contribution in [0.1, 0.15) is 59.3 Å². The quantitative estimate of drug-likeness (QED) is 0.0365. The molecule has 14 N–H and O–H groups in total. The summed E-state index contributed by atoms with van der Waals surface area (Å²) in [5.74, 6) is -7.11. The zero-order valence-corrected chi connectivity index (χ0v) is 23.9. The molecule has 5 amide bonds. The van der Waals surface area contributed by atoms with Crippen LogP contribution in [0.3, 0.4) is 0 Å². The Morgan fingerprint density at radius 3 is 1.81 bits per heavy atom. The van der Waals surface area contributed by atoms with Gasteiger partial charge in [-0.3, -0.25) is 33.8 Å². The number of rotatable bonds is 20. The molecule has 0 fully saturated rings. The van der Waals surface area contributed by atoms with Crippen LogP contribution in [0.4, 0.5) is 0 Å². The zero-order chi connectivity index (χ0) is 32.6. The molecule has 0 aliphatic rings. The van der Waals surface area contributed by atoms with Crippen LogP contribution in [0.5, 0.6) is 0 Å². The zero-order valence-electron chi connectivity index (χ0n) is 23.9. The first-order chi connectivity index (χ1) is 19.5. The lowest BCUT2D eigenvalue weighted by Crippen LogP contribution is -2.58. The van der Waals surface area contributed by atoms with Crippen molar-refractivity contribution in [1.29, 1.82) is 0 Å². The van der Waals surface area contributed by atoms with Gasteiger partial charge in [-0.1, -0.05) is 13.8 Å². The van der Waals surface area contributed by atoms with Crippen molar-refractivity contribution in [2.45, 2.75) is 89.5 Å². The Kier molecular flexibility index (Phi) is 16.8. The number of aliphatic carboxylic acids is 2. The van der Waals surface area contributed by atoms with Crippen molar-refractivity contribution < 1.29 is 43.8 Å². The fourth-order valence-corrected chi connectivity index (χ4v) is 3.46. The maximum atomic E-state index is 12.9. The van der Waals surface area contributed by atoms with E-state index in [-0.39, 0.29) is 51.0 Å². The number of carboxylic acids is 2. The van der Waals surface area contributed by atoms with E-state index >= 15 is 0 Å². The molecule has 42 heavy (non-hydrogen) atoms. The molecule has 18 heteroatoms. The van der Waals surface area contributed by atoms with Crippen molar-refractivity contribution >= 4 is 47.4 Å². The number of primary amides is 1. The Labute approximate surface area is 242 Å². The smallest absolute Gasteiger partial charge is 0.326 e. The number of carboxylic acid groups (broad SMARTS) is 2. The average Bonchev–Trinajstić information content (AvgIpc) is 2.88. The number of amides is 5. The molecular formula is C24H43N9O9. The number of aliphatic imine (C=N–C) groups is 1. The van der Waals surface area contributed by atoms with Gasteiger partial charge in [0, 0.05) is 19.4 Å². The third kappa shape index (κ3) is 15.3. The summed E-state index contributed by atoms with van der Waals surface area (Å²) in [6.07, 6.45) is -0.886. The van der Waals surface area contributed by atoms with E-state index in [0.29, 0.717) is 0 Å². The average molecular weight is 602 g/mol. The summed E-state index contributed by atoms with van der Waals surface area (Å²) >= 11 is 0. The van der Waals surface area contributed by atoms with Gasteiger partial charge in [0.15, 0.2) is 5.96 Å². The number of hydrogen-bond donors (Lipinski definition) is 10. The van der Waals surface area contributed by atoms with E-state index in [0.717, 1.165) is 0 Å². The Bertz CT molecular complexity index is 1020. The van der Waals surface area contributed by atoms with Gasteiger partial charge in [0.05, 0.1) is 6.04 Å². The minimum atomic E-state index is -1.46. The molecule has 0 saturated heterocycles. The highest BCUT2D eigenvalue weighted by Gasteiger charge is 2.31. The molecule has 0 bridgehead atoms. The maximum Gasteiger partial charge on any atom is 0.326 e. The number of nitrogens with two attached hydrogens (primary N) is 4. The number of carbonyl (C=O) groups excluding carboxylic acids is 5. The molecule has 0 heterocycles. The largest absolute Gasteiger partial charge is 0.481 e. The minimum absolute atomic E-state index is 0.0178. The Hall–Kier alpha value is -4.48. The molecule has 0 aliphatic heterocycles. The topological polar surface area (TPSA) is 325 Å². The van der Waals surface area contributed by atoms with Gasteiger partial charge < -0.3 is 54.4 Å². The molecule has 0 rings (SSSR count). The van der Waals surface area contributed by atoms with Gasteiger partial charge >= 0.3 is 11.9 Å². The van der Waals surface area contributed by atoms with Crippen LogP contribution in [0.25, 0.3) is 0 Å². The monoisotopic (exact) mass is 601 g/mol. The first-order valence-corrected chi connectivity index (χ1v) is 13.2. The third-order valence-corrected chi connectivity index (χ3v) is 5.88. The predicted molar refractivity (Wildman–Crippen MR) is 149 cm³/mol. The summed E-state index contributed by atoms with van der Waals surface area (Å²) in [5.41, 5.74) is 21.4. The van der Waals surface area contributed by atoms with Crippen molar-refractivity contribution in [1.82, 2.24) is 21.3 Å². The molecule has 0 aromatic rings. The predicted octanol–water partition coefficient (Wildman–Crippen LogP) is -3.80. The minimum Gasteiger partial charge on any atom is -0.481 e. The number of hydrogen-bond acceptors (Lipinski definition) is 9. The van der Waals surface area contributed by atoms with Crippen molar-refractivity contribution in [3.8, 4) is 0 Å². The van der Waals surface area contributed by atoms with Crippen LogP contribution < -0.4 is 44.2 Å². The van der Waals surface area contributed by atoms with Crippen LogP contribution in [0, 0.1) is 5.92 Å². The molecule has 0 radical (unpaired) electrons. The number of nitrogens with zero attached hydrogens (tertiary/aromatic N) is 1. The van der Waals surface area contributed by atoms with Gasteiger partial charge in [-0.2, -0.15) is 0 Å². The second-order valence-corrected chi connectivity index (χ2v) is 9.91.